The van der Waals surface area contributed by atoms with E-state index in [1.165, 1.54) is 26.4 Å². The zero-order valence-corrected chi connectivity index (χ0v) is 19.1. The summed E-state index contributed by atoms with van der Waals surface area (Å²) in [6, 6.07) is 9.18. The van der Waals surface area contributed by atoms with E-state index in [-0.39, 0.29) is 23.8 Å². The molecule has 34 heavy (non-hydrogen) atoms. The first-order valence-corrected chi connectivity index (χ1v) is 10.5. The smallest absolute Gasteiger partial charge is 0.373 e. The number of aromatic nitrogens is 1. The summed E-state index contributed by atoms with van der Waals surface area (Å²) in [4.78, 5) is 50.3. The molecule has 1 fully saturated rings. The third-order valence-corrected chi connectivity index (χ3v) is 5.75. The van der Waals surface area contributed by atoms with E-state index < -0.39 is 29.9 Å². The number of methoxy groups -OCH3 is 2. The minimum atomic E-state index is -0.655. The number of esters is 2. The molecule has 0 aliphatic carbocycles. The molecule has 10 nitrogen and oxygen atoms in total. The number of para-hydroxylation sites is 1. The molecule has 0 bridgehead atoms. The lowest BCUT2D eigenvalue weighted by atomic mass is 10.1. The van der Waals surface area contributed by atoms with Gasteiger partial charge in [0.05, 0.1) is 20.8 Å². The van der Waals surface area contributed by atoms with Gasteiger partial charge in [-0.15, -0.1) is 0 Å². The van der Waals surface area contributed by atoms with Gasteiger partial charge in [-0.2, -0.15) is 0 Å². The van der Waals surface area contributed by atoms with Crippen LogP contribution >= 0.6 is 0 Å². The Morgan fingerprint density at radius 2 is 1.85 bits per heavy atom. The lowest BCUT2D eigenvalue weighted by molar-refractivity contribution is -0.144. The van der Waals surface area contributed by atoms with Gasteiger partial charge in [-0.3, -0.25) is 9.69 Å². The molecule has 10 heteroatoms. The number of carbonyl (C=O) groups excluding carboxylic acids is 4. The lowest BCUT2D eigenvalue weighted by Crippen LogP contribution is -2.30. The monoisotopic (exact) mass is 465 g/mol. The first-order valence-electron chi connectivity index (χ1n) is 10.5. The summed E-state index contributed by atoms with van der Waals surface area (Å²) in [7, 11) is 2.56. The molecule has 0 spiro atoms. The SMILES string of the molecule is COC(=O)c1ccc(CN2C(=O)N/C(=C\c3c(C)n([C@@H](C)C(=O)OC)c4ccccc34)C2=O)o1. The largest absolute Gasteiger partial charge is 0.467 e. The van der Waals surface area contributed by atoms with Crippen molar-refractivity contribution in [2.45, 2.75) is 26.4 Å². The topological polar surface area (TPSA) is 120 Å². The zero-order valence-electron chi connectivity index (χ0n) is 19.1. The molecule has 1 aromatic carbocycles. The lowest BCUT2D eigenvalue weighted by Gasteiger charge is -2.15. The van der Waals surface area contributed by atoms with Crippen LogP contribution in [0.2, 0.25) is 0 Å². The number of nitrogens with zero attached hydrogens (tertiary/aromatic N) is 2. The van der Waals surface area contributed by atoms with Crippen LogP contribution < -0.4 is 5.32 Å². The number of fused-ring (bicyclic) bond motifs is 1. The first-order chi connectivity index (χ1) is 16.3. The molecule has 1 atom stereocenters. The number of nitrogens with one attached hydrogen (secondary N) is 1. The molecule has 1 aliphatic rings. The van der Waals surface area contributed by atoms with Crippen molar-refractivity contribution in [3.63, 3.8) is 0 Å². The zero-order chi connectivity index (χ0) is 24.6. The number of urea groups is 1. The number of imide groups is 1. The molecule has 176 valence electrons. The van der Waals surface area contributed by atoms with Crippen LogP contribution in [-0.2, 0) is 25.6 Å². The number of hydrogen-bond donors (Lipinski definition) is 1. The molecular formula is C24H23N3O7. The van der Waals surface area contributed by atoms with Crippen LogP contribution in [-0.4, -0.2) is 47.6 Å². The fourth-order valence-electron chi connectivity index (χ4n) is 4.06. The molecule has 3 aromatic rings. The van der Waals surface area contributed by atoms with Gasteiger partial charge in [-0.05, 0) is 38.1 Å². The van der Waals surface area contributed by atoms with E-state index in [2.05, 4.69) is 10.1 Å². The fourth-order valence-corrected chi connectivity index (χ4v) is 4.06. The summed E-state index contributed by atoms with van der Waals surface area (Å²) in [5, 5.41) is 3.41. The Morgan fingerprint density at radius 3 is 2.56 bits per heavy atom. The third-order valence-electron chi connectivity index (χ3n) is 5.75. The third kappa shape index (κ3) is 3.83. The van der Waals surface area contributed by atoms with Crippen LogP contribution in [0.5, 0.6) is 0 Å². The van der Waals surface area contributed by atoms with Gasteiger partial charge in [0.2, 0.25) is 5.76 Å². The number of benzene rings is 1. The molecule has 1 saturated heterocycles. The van der Waals surface area contributed by atoms with Crippen LogP contribution in [0.15, 0.2) is 46.5 Å². The molecule has 0 saturated carbocycles. The molecule has 3 heterocycles. The van der Waals surface area contributed by atoms with Crippen molar-refractivity contribution in [2.75, 3.05) is 14.2 Å². The van der Waals surface area contributed by atoms with Crippen LogP contribution in [0.25, 0.3) is 17.0 Å². The fraction of sp³-hybridized carbons (Fsp3) is 0.250. The summed E-state index contributed by atoms with van der Waals surface area (Å²) in [5.41, 5.74) is 2.31. The minimum absolute atomic E-state index is 0.0246. The van der Waals surface area contributed by atoms with E-state index in [1.54, 1.807) is 13.0 Å². The number of ether oxygens (including phenoxy) is 2. The van der Waals surface area contributed by atoms with Crippen LogP contribution in [0.3, 0.4) is 0 Å². The van der Waals surface area contributed by atoms with Gasteiger partial charge >= 0.3 is 18.0 Å². The normalized spacial score (nSPS) is 15.6. The average molecular weight is 465 g/mol. The number of rotatable bonds is 6. The number of carbonyl (C=O) groups is 4. The quantitative estimate of drug-likeness (QED) is 0.337. The second-order valence-corrected chi connectivity index (χ2v) is 7.72. The first kappa shape index (κ1) is 22.8. The van der Waals surface area contributed by atoms with E-state index in [4.69, 9.17) is 9.15 Å². The maximum Gasteiger partial charge on any atom is 0.373 e. The Kier molecular flexibility index (Phi) is 5.97. The highest BCUT2D eigenvalue weighted by atomic mass is 16.5. The number of furan rings is 1. The van der Waals surface area contributed by atoms with Crippen molar-refractivity contribution < 1.29 is 33.1 Å². The molecule has 4 rings (SSSR count). The van der Waals surface area contributed by atoms with E-state index >= 15 is 0 Å². The molecule has 1 aliphatic heterocycles. The van der Waals surface area contributed by atoms with Crippen LogP contribution in [0.4, 0.5) is 4.79 Å². The van der Waals surface area contributed by atoms with Crippen molar-refractivity contribution in [1.29, 1.82) is 0 Å². The van der Waals surface area contributed by atoms with E-state index in [0.717, 1.165) is 21.5 Å². The van der Waals surface area contributed by atoms with Crippen molar-refractivity contribution in [3.05, 3.63) is 64.9 Å². The Hall–Kier alpha value is -4.34. The molecule has 1 N–H and O–H groups in total. The van der Waals surface area contributed by atoms with Gasteiger partial charge in [0, 0.05) is 22.2 Å². The molecule has 0 radical (unpaired) electrons. The highest BCUT2D eigenvalue weighted by Gasteiger charge is 2.35. The predicted octanol–water partition coefficient (Wildman–Crippen LogP) is 3.16. The Balaban J connectivity index is 1.68. The molecule has 2 aromatic heterocycles. The maximum atomic E-state index is 13.0. The molecular weight excluding hydrogens is 442 g/mol. The molecule has 0 unspecified atom stereocenters. The second-order valence-electron chi connectivity index (χ2n) is 7.72. The standard InChI is InChI=1S/C24H23N3O7/c1-13-17(16-7-5-6-8-19(16)27(13)14(2)22(29)32-3)11-18-21(28)26(24(31)25-18)12-15-9-10-20(34-15)23(30)33-4/h5-11,14H,12H2,1-4H3,(H,25,31)/b18-11-/t14-/m0/s1. The summed E-state index contributed by atoms with van der Waals surface area (Å²) in [5.74, 6) is -1.37. The van der Waals surface area contributed by atoms with Crippen LogP contribution in [0, 0.1) is 6.92 Å². The van der Waals surface area contributed by atoms with Crippen molar-refractivity contribution in [3.8, 4) is 0 Å². The van der Waals surface area contributed by atoms with E-state index in [9.17, 15) is 19.2 Å². The number of hydrogen-bond acceptors (Lipinski definition) is 7. The van der Waals surface area contributed by atoms with Crippen molar-refractivity contribution in [1.82, 2.24) is 14.8 Å². The average Bonchev–Trinajstić information content (AvgIpc) is 3.49. The van der Waals surface area contributed by atoms with Gasteiger partial charge in [-0.1, -0.05) is 18.2 Å². The number of amides is 3. The Bertz CT molecular complexity index is 1350. The summed E-state index contributed by atoms with van der Waals surface area (Å²) < 4.78 is 16.7. The van der Waals surface area contributed by atoms with Gasteiger partial charge in [0.1, 0.15) is 17.5 Å². The van der Waals surface area contributed by atoms with Gasteiger partial charge < -0.3 is 23.8 Å². The van der Waals surface area contributed by atoms with Crippen molar-refractivity contribution in [2.24, 2.45) is 0 Å². The Labute approximate surface area is 194 Å². The van der Waals surface area contributed by atoms with E-state index in [1.807, 2.05) is 35.8 Å². The highest BCUT2D eigenvalue weighted by molar-refractivity contribution is 6.14. The van der Waals surface area contributed by atoms with Gasteiger partial charge in [0.15, 0.2) is 0 Å². The van der Waals surface area contributed by atoms with Gasteiger partial charge in [0.25, 0.3) is 5.91 Å². The Morgan fingerprint density at radius 1 is 1.12 bits per heavy atom. The summed E-state index contributed by atoms with van der Waals surface area (Å²) in [6.45, 7) is 3.42. The second kappa shape index (κ2) is 8.89. The molecule has 3 amide bonds. The maximum absolute atomic E-state index is 13.0. The predicted molar refractivity (Wildman–Crippen MR) is 121 cm³/mol. The summed E-state index contributed by atoms with van der Waals surface area (Å²) >= 11 is 0. The summed E-state index contributed by atoms with van der Waals surface area (Å²) in [6.07, 6.45) is 1.60. The van der Waals surface area contributed by atoms with Crippen LogP contribution in [0.1, 0.15) is 40.5 Å². The minimum Gasteiger partial charge on any atom is -0.467 e. The van der Waals surface area contributed by atoms with Gasteiger partial charge in [-0.25, -0.2) is 14.4 Å². The highest BCUT2D eigenvalue weighted by Crippen LogP contribution is 2.32. The van der Waals surface area contributed by atoms with Crippen molar-refractivity contribution >= 4 is 40.9 Å². The van der Waals surface area contributed by atoms with E-state index in [0.29, 0.717) is 5.56 Å².